The van der Waals surface area contributed by atoms with Gasteiger partial charge in [0.15, 0.2) is 0 Å². The monoisotopic (exact) mass is 312 g/mol. The van der Waals surface area contributed by atoms with Crippen LogP contribution in [0.4, 0.5) is 0 Å². The lowest BCUT2D eigenvalue weighted by Crippen LogP contribution is -1.88. The fourth-order valence-corrected chi connectivity index (χ4v) is 4.19. The first-order valence-electron chi connectivity index (χ1n) is 7.51. The Kier molecular flexibility index (Phi) is 2.69. The van der Waals surface area contributed by atoms with Gasteiger partial charge in [0, 0.05) is 38.0 Å². The van der Waals surface area contributed by atoms with Crippen molar-refractivity contribution in [2.24, 2.45) is 0 Å². The molecule has 0 bridgehead atoms. The molecule has 0 atom stereocenters. The summed E-state index contributed by atoms with van der Waals surface area (Å²) in [6.45, 7) is 0. The fourth-order valence-electron chi connectivity index (χ4n) is 3.07. The van der Waals surface area contributed by atoms with Crippen LogP contribution < -0.4 is 0 Å². The zero-order valence-corrected chi connectivity index (χ0v) is 13.0. The summed E-state index contributed by atoms with van der Waals surface area (Å²) in [6, 6.07) is 21.0. The maximum atomic E-state index is 4.69. The number of rotatable bonds is 1. The molecule has 2 nitrogen and oxygen atoms in total. The van der Waals surface area contributed by atoms with Crippen molar-refractivity contribution < 1.29 is 0 Å². The van der Waals surface area contributed by atoms with Crippen LogP contribution in [0.3, 0.4) is 0 Å². The molecular weight excluding hydrogens is 300 g/mol. The lowest BCUT2D eigenvalue weighted by Gasteiger charge is -2.05. The second kappa shape index (κ2) is 4.86. The van der Waals surface area contributed by atoms with Crippen LogP contribution >= 0.6 is 11.3 Å². The highest BCUT2D eigenvalue weighted by Crippen LogP contribution is 2.35. The van der Waals surface area contributed by atoms with Crippen molar-refractivity contribution in [3.05, 3.63) is 73.1 Å². The first-order valence-corrected chi connectivity index (χ1v) is 8.33. The average molecular weight is 312 g/mol. The number of nitrogens with zero attached hydrogens (tertiary/aromatic N) is 2. The molecule has 0 spiro atoms. The fraction of sp³-hybridized carbons (Fsp3) is 0. The third-order valence-corrected chi connectivity index (χ3v) is 5.31. The van der Waals surface area contributed by atoms with Gasteiger partial charge in [-0.2, -0.15) is 0 Å². The summed E-state index contributed by atoms with van der Waals surface area (Å²) < 4.78 is 2.55. The van der Waals surface area contributed by atoms with E-state index in [9.17, 15) is 0 Å². The Balaban J connectivity index is 1.81. The molecule has 2 aromatic carbocycles. The van der Waals surface area contributed by atoms with Crippen molar-refractivity contribution in [1.29, 1.82) is 0 Å². The van der Waals surface area contributed by atoms with Crippen LogP contribution in [0, 0.1) is 0 Å². The molecule has 0 saturated heterocycles. The molecule has 0 radical (unpaired) electrons. The second-order valence-corrected chi connectivity index (χ2v) is 6.63. The standard InChI is InChI=1S/C20H12N2S/c1-2-6-14-13(5-1)9-10-21-20(14)17-11-19-16(12-22-17)15-7-3-4-8-18(15)23-19/h1-12H. The highest BCUT2D eigenvalue weighted by molar-refractivity contribution is 7.25. The summed E-state index contributed by atoms with van der Waals surface area (Å²) in [6.07, 6.45) is 3.83. The van der Waals surface area contributed by atoms with Gasteiger partial charge in [-0.1, -0.05) is 42.5 Å². The van der Waals surface area contributed by atoms with Gasteiger partial charge in [0.25, 0.3) is 0 Å². The molecule has 0 aliphatic heterocycles. The van der Waals surface area contributed by atoms with Crippen LogP contribution in [0.25, 0.3) is 42.3 Å². The van der Waals surface area contributed by atoms with E-state index in [0.717, 1.165) is 16.8 Å². The van der Waals surface area contributed by atoms with E-state index < -0.39 is 0 Å². The van der Waals surface area contributed by atoms with Crippen molar-refractivity contribution in [2.45, 2.75) is 0 Å². The van der Waals surface area contributed by atoms with Crippen molar-refractivity contribution in [1.82, 2.24) is 9.97 Å². The van der Waals surface area contributed by atoms with E-state index in [1.165, 1.54) is 25.6 Å². The number of pyridine rings is 2. The molecule has 0 amide bonds. The van der Waals surface area contributed by atoms with Crippen molar-refractivity contribution in [3.63, 3.8) is 0 Å². The lowest BCUT2D eigenvalue weighted by atomic mass is 10.1. The Morgan fingerprint density at radius 1 is 0.696 bits per heavy atom. The lowest BCUT2D eigenvalue weighted by molar-refractivity contribution is 1.28. The van der Waals surface area contributed by atoms with Crippen molar-refractivity contribution in [2.75, 3.05) is 0 Å². The Hall–Kier alpha value is -2.78. The van der Waals surface area contributed by atoms with Gasteiger partial charge in [-0.15, -0.1) is 11.3 Å². The molecule has 3 heteroatoms. The summed E-state index contributed by atoms with van der Waals surface area (Å²) in [4.78, 5) is 9.27. The van der Waals surface area contributed by atoms with E-state index in [1.807, 2.05) is 35.9 Å². The first-order chi connectivity index (χ1) is 11.4. The van der Waals surface area contributed by atoms with Gasteiger partial charge in [-0.25, -0.2) is 0 Å². The van der Waals surface area contributed by atoms with E-state index >= 15 is 0 Å². The van der Waals surface area contributed by atoms with Crippen molar-refractivity contribution >= 4 is 42.3 Å². The zero-order chi connectivity index (χ0) is 15.2. The van der Waals surface area contributed by atoms with Crippen LogP contribution in [0.15, 0.2) is 73.1 Å². The smallest absolute Gasteiger partial charge is 0.0964 e. The Labute approximate surface area is 137 Å². The van der Waals surface area contributed by atoms with Gasteiger partial charge in [0.05, 0.1) is 11.4 Å². The second-order valence-electron chi connectivity index (χ2n) is 5.54. The molecule has 0 unspecified atom stereocenters. The maximum absolute atomic E-state index is 4.69. The SMILES string of the molecule is c1ccc2c(-c3cc4sc5ccccc5c4cn3)nccc2c1. The van der Waals surface area contributed by atoms with E-state index in [-0.39, 0.29) is 0 Å². The van der Waals surface area contributed by atoms with E-state index in [1.54, 1.807) is 0 Å². The Bertz CT molecular complexity index is 1170. The number of hydrogen-bond donors (Lipinski definition) is 0. The van der Waals surface area contributed by atoms with Crippen LogP contribution in [0.2, 0.25) is 0 Å². The quantitative estimate of drug-likeness (QED) is 0.399. The van der Waals surface area contributed by atoms with Crippen LogP contribution in [-0.4, -0.2) is 9.97 Å². The molecule has 5 rings (SSSR count). The van der Waals surface area contributed by atoms with Gasteiger partial charge in [0.2, 0.25) is 0 Å². The van der Waals surface area contributed by atoms with Crippen molar-refractivity contribution in [3.8, 4) is 11.4 Å². The van der Waals surface area contributed by atoms with E-state index in [2.05, 4.69) is 53.5 Å². The van der Waals surface area contributed by atoms with E-state index in [4.69, 9.17) is 4.98 Å². The van der Waals surface area contributed by atoms with Gasteiger partial charge >= 0.3 is 0 Å². The molecule has 108 valence electrons. The maximum Gasteiger partial charge on any atom is 0.0964 e. The molecule has 3 heterocycles. The largest absolute Gasteiger partial charge is 0.254 e. The molecule has 0 saturated carbocycles. The minimum atomic E-state index is 0.931. The highest BCUT2D eigenvalue weighted by Gasteiger charge is 2.10. The topological polar surface area (TPSA) is 25.8 Å². The number of aromatic nitrogens is 2. The summed E-state index contributed by atoms with van der Waals surface area (Å²) in [5.74, 6) is 0. The molecule has 23 heavy (non-hydrogen) atoms. The van der Waals surface area contributed by atoms with Gasteiger partial charge in [-0.3, -0.25) is 9.97 Å². The predicted octanol–water partition coefficient (Wildman–Crippen LogP) is 5.66. The van der Waals surface area contributed by atoms with Crippen LogP contribution in [0.1, 0.15) is 0 Å². The minimum Gasteiger partial charge on any atom is -0.254 e. The third-order valence-electron chi connectivity index (χ3n) is 4.18. The van der Waals surface area contributed by atoms with E-state index in [0.29, 0.717) is 0 Å². The van der Waals surface area contributed by atoms with Gasteiger partial charge in [0.1, 0.15) is 0 Å². The van der Waals surface area contributed by atoms with Crippen LogP contribution in [0.5, 0.6) is 0 Å². The zero-order valence-electron chi connectivity index (χ0n) is 12.2. The number of thiophene rings is 1. The molecule has 5 aromatic rings. The normalized spacial score (nSPS) is 11.5. The molecule has 0 N–H and O–H groups in total. The highest BCUT2D eigenvalue weighted by atomic mass is 32.1. The summed E-state index contributed by atoms with van der Waals surface area (Å²) in [7, 11) is 0. The molecule has 0 aliphatic carbocycles. The van der Waals surface area contributed by atoms with Crippen LogP contribution in [-0.2, 0) is 0 Å². The predicted molar refractivity (Wildman–Crippen MR) is 97.9 cm³/mol. The average Bonchev–Trinajstić information content (AvgIpc) is 2.99. The van der Waals surface area contributed by atoms with Gasteiger partial charge < -0.3 is 0 Å². The first kappa shape index (κ1) is 12.7. The molecule has 3 aromatic heterocycles. The Morgan fingerprint density at radius 3 is 2.48 bits per heavy atom. The number of hydrogen-bond acceptors (Lipinski definition) is 3. The van der Waals surface area contributed by atoms with Gasteiger partial charge in [-0.05, 0) is 23.6 Å². The number of fused-ring (bicyclic) bond motifs is 4. The minimum absolute atomic E-state index is 0.931. The summed E-state index contributed by atoms with van der Waals surface area (Å²) in [5, 5.41) is 4.82. The molecular formula is C20H12N2S. The molecule has 0 aliphatic rings. The number of benzene rings is 2. The molecule has 0 fully saturated rings. The Morgan fingerprint density at radius 2 is 1.52 bits per heavy atom. The summed E-state index contributed by atoms with van der Waals surface area (Å²) >= 11 is 1.81. The third kappa shape index (κ3) is 1.94. The summed E-state index contributed by atoms with van der Waals surface area (Å²) in [5.41, 5.74) is 1.88.